The van der Waals surface area contributed by atoms with Crippen LogP contribution in [0.2, 0.25) is 0 Å². The largest absolute Gasteiger partial charge is 0.496 e. The second-order valence-electron chi connectivity index (χ2n) is 5.56. The normalized spacial score (nSPS) is 12.3. The third kappa shape index (κ3) is 4.16. The van der Waals surface area contributed by atoms with E-state index in [9.17, 15) is 4.79 Å². The van der Waals surface area contributed by atoms with Crippen LogP contribution in [0.5, 0.6) is 5.75 Å². The van der Waals surface area contributed by atoms with Crippen LogP contribution in [-0.2, 0) is 11.8 Å². The fourth-order valence-corrected chi connectivity index (χ4v) is 3.04. The van der Waals surface area contributed by atoms with Crippen LogP contribution in [0.3, 0.4) is 0 Å². The summed E-state index contributed by atoms with van der Waals surface area (Å²) >= 11 is 2.08. The molecule has 1 N–H and O–H groups in total. The smallest absolute Gasteiger partial charge is 0.244 e. The van der Waals surface area contributed by atoms with Gasteiger partial charge in [0.15, 0.2) is 3.77 Å². The quantitative estimate of drug-likeness (QED) is 0.449. The van der Waals surface area contributed by atoms with Crippen LogP contribution in [0.4, 0.5) is 0 Å². The summed E-state index contributed by atoms with van der Waals surface area (Å²) in [7, 11) is 3.49. The first-order chi connectivity index (χ1) is 12.6. The first kappa shape index (κ1) is 18.2. The number of rotatable bonds is 6. The maximum Gasteiger partial charge on any atom is 0.244 e. The zero-order chi connectivity index (χ0) is 18.5. The third-order valence-electron chi connectivity index (χ3n) is 3.85. The topological polar surface area (TPSA) is 69.3 Å². The van der Waals surface area contributed by atoms with Crippen LogP contribution >= 0.6 is 22.6 Å². The summed E-state index contributed by atoms with van der Waals surface area (Å²) in [6.45, 7) is 0. The maximum absolute atomic E-state index is 12.5. The summed E-state index contributed by atoms with van der Waals surface area (Å²) in [6, 6.07) is 10.8. The monoisotopic (exact) mass is 463 g/mol. The minimum absolute atomic E-state index is 0.254. The zero-order valence-corrected chi connectivity index (χ0v) is 16.5. The molecule has 2 heterocycles. The molecular formula is C19H18IN3O3. The van der Waals surface area contributed by atoms with Crippen molar-refractivity contribution in [3.63, 3.8) is 0 Å². The predicted molar refractivity (Wildman–Crippen MR) is 107 cm³/mol. The number of furan rings is 1. The average Bonchev–Trinajstić information content (AvgIpc) is 3.26. The van der Waals surface area contributed by atoms with E-state index in [1.54, 1.807) is 19.4 Å². The maximum atomic E-state index is 12.5. The third-order valence-corrected chi connectivity index (χ3v) is 4.43. The van der Waals surface area contributed by atoms with E-state index in [1.165, 1.54) is 6.08 Å². The van der Waals surface area contributed by atoms with Gasteiger partial charge in [-0.2, -0.15) is 0 Å². The number of hydrogen-bond donors (Lipinski definition) is 1. The molecule has 1 aromatic carbocycles. The molecule has 3 aromatic rings. The number of halogens is 1. The van der Waals surface area contributed by atoms with E-state index in [1.807, 2.05) is 54.2 Å². The summed E-state index contributed by atoms with van der Waals surface area (Å²) < 4.78 is 13.5. The Labute approximate surface area is 165 Å². The number of ether oxygens (including phenoxy) is 1. The van der Waals surface area contributed by atoms with E-state index in [-0.39, 0.29) is 5.91 Å². The highest BCUT2D eigenvalue weighted by Gasteiger charge is 2.23. The van der Waals surface area contributed by atoms with E-state index < -0.39 is 6.04 Å². The van der Waals surface area contributed by atoms with Gasteiger partial charge in [-0.15, -0.1) is 0 Å². The Bertz CT molecular complexity index is 930. The van der Waals surface area contributed by atoms with Gasteiger partial charge in [0.2, 0.25) is 5.91 Å². The number of aryl methyl sites for hydroxylation is 1. The van der Waals surface area contributed by atoms with Gasteiger partial charge in [0.25, 0.3) is 0 Å². The summed E-state index contributed by atoms with van der Waals surface area (Å²) in [4.78, 5) is 16.9. The van der Waals surface area contributed by atoms with Crippen molar-refractivity contribution in [2.75, 3.05) is 7.11 Å². The molecule has 1 amide bonds. The molecule has 1 unspecified atom stereocenters. The Hall–Kier alpha value is -2.55. The number of benzene rings is 1. The SMILES string of the molecule is COc1ccccc1C(NC(=O)/C=C/c1ccc(I)o1)c1nccn1C. The summed E-state index contributed by atoms with van der Waals surface area (Å²) in [5.74, 6) is 1.76. The second kappa shape index (κ2) is 8.22. The lowest BCUT2D eigenvalue weighted by atomic mass is 10.0. The van der Waals surface area contributed by atoms with E-state index >= 15 is 0 Å². The van der Waals surface area contributed by atoms with E-state index in [2.05, 4.69) is 32.9 Å². The number of carbonyl (C=O) groups is 1. The van der Waals surface area contributed by atoms with Crippen molar-refractivity contribution < 1.29 is 13.9 Å². The molecule has 0 radical (unpaired) electrons. The molecule has 0 aliphatic carbocycles. The minimum Gasteiger partial charge on any atom is -0.496 e. The predicted octanol–water partition coefficient (Wildman–Crippen LogP) is 3.55. The highest BCUT2D eigenvalue weighted by molar-refractivity contribution is 14.1. The van der Waals surface area contributed by atoms with Crippen LogP contribution in [-0.4, -0.2) is 22.6 Å². The highest BCUT2D eigenvalue weighted by Crippen LogP contribution is 2.29. The molecule has 134 valence electrons. The summed E-state index contributed by atoms with van der Waals surface area (Å²) in [5, 5.41) is 3.00. The number of amides is 1. The molecule has 1 atom stereocenters. The fourth-order valence-electron chi connectivity index (χ4n) is 2.61. The van der Waals surface area contributed by atoms with E-state index in [4.69, 9.17) is 9.15 Å². The van der Waals surface area contributed by atoms with Crippen molar-refractivity contribution in [3.05, 3.63) is 75.8 Å². The number of nitrogens with one attached hydrogen (secondary N) is 1. The Morgan fingerprint density at radius 1 is 1.35 bits per heavy atom. The molecule has 26 heavy (non-hydrogen) atoms. The van der Waals surface area contributed by atoms with Gasteiger partial charge in [-0.25, -0.2) is 4.98 Å². The fraction of sp³-hybridized carbons (Fsp3) is 0.158. The molecule has 2 aromatic heterocycles. The van der Waals surface area contributed by atoms with Gasteiger partial charge in [0.1, 0.15) is 23.4 Å². The van der Waals surface area contributed by atoms with Gasteiger partial charge in [-0.05, 0) is 46.9 Å². The molecule has 0 aliphatic rings. The lowest BCUT2D eigenvalue weighted by Crippen LogP contribution is -2.30. The van der Waals surface area contributed by atoms with E-state index in [0.717, 1.165) is 9.33 Å². The Balaban J connectivity index is 1.88. The van der Waals surface area contributed by atoms with Crippen molar-refractivity contribution >= 4 is 34.6 Å². The van der Waals surface area contributed by atoms with Crippen LogP contribution in [0, 0.1) is 3.77 Å². The molecule has 6 nitrogen and oxygen atoms in total. The van der Waals surface area contributed by atoms with Crippen LogP contribution < -0.4 is 10.1 Å². The number of aromatic nitrogens is 2. The first-order valence-corrected chi connectivity index (χ1v) is 9.00. The minimum atomic E-state index is -0.444. The van der Waals surface area contributed by atoms with Gasteiger partial charge < -0.3 is 19.0 Å². The zero-order valence-electron chi connectivity index (χ0n) is 14.3. The lowest BCUT2D eigenvalue weighted by molar-refractivity contribution is -0.117. The first-order valence-electron chi connectivity index (χ1n) is 7.92. The molecular weight excluding hydrogens is 445 g/mol. The second-order valence-corrected chi connectivity index (χ2v) is 6.62. The van der Waals surface area contributed by atoms with Crippen molar-refractivity contribution in [1.29, 1.82) is 0 Å². The molecule has 0 aliphatic heterocycles. The average molecular weight is 463 g/mol. The summed E-state index contributed by atoms with van der Waals surface area (Å²) in [6.07, 6.45) is 6.62. The van der Waals surface area contributed by atoms with Crippen LogP contribution in [0.1, 0.15) is 23.2 Å². The number of methoxy groups -OCH3 is 1. The molecule has 0 saturated carbocycles. The molecule has 0 spiro atoms. The standard InChI is InChI=1S/C19H18IN3O3/c1-23-12-11-21-19(23)18(14-5-3-4-6-15(14)25-2)22-17(24)10-8-13-7-9-16(20)26-13/h3-12,18H,1-2H3,(H,22,24)/b10-8+. The number of nitrogens with zero attached hydrogens (tertiary/aromatic N) is 2. The number of para-hydroxylation sites is 1. The van der Waals surface area contributed by atoms with Crippen molar-refractivity contribution in [1.82, 2.24) is 14.9 Å². The summed E-state index contributed by atoms with van der Waals surface area (Å²) in [5.41, 5.74) is 0.832. The molecule has 7 heteroatoms. The van der Waals surface area contributed by atoms with Crippen molar-refractivity contribution in [2.24, 2.45) is 7.05 Å². The van der Waals surface area contributed by atoms with Gasteiger partial charge in [-0.1, -0.05) is 18.2 Å². The van der Waals surface area contributed by atoms with Crippen molar-refractivity contribution in [2.45, 2.75) is 6.04 Å². The van der Waals surface area contributed by atoms with Crippen molar-refractivity contribution in [3.8, 4) is 5.75 Å². The Morgan fingerprint density at radius 2 is 2.15 bits per heavy atom. The van der Waals surface area contributed by atoms with Gasteiger partial charge >= 0.3 is 0 Å². The molecule has 0 bridgehead atoms. The molecule has 0 saturated heterocycles. The number of hydrogen-bond acceptors (Lipinski definition) is 4. The van der Waals surface area contributed by atoms with E-state index in [0.29, 0.717) is 17.3 Å². The van der Waals surface area contributed by atoms with Gasteiger partial charge in [0, 0.05) is 31.1 Å². The van der Waals surface area contributed by atoms with Gasteiger partial charge in [-0.3, -0.25) is 4.79 Å². The Morgan fingerprint density at radius 3 is 2.81 bits per heavy atom. The molecule has 0 fully saturated rings. The number of carbonyl (C=O) groups excluding carboxylic acids is 1. The van der Waals surface area contributed by atoms with Crippen LogP contribution in [0.15, 0.2) is 59.3 Å². The highest BCUT2D eigenvalue weighted by atomic mass is 127. The Kier molecular flexibility index (Phi) is 5.77. The lowest BCUT2D eigenvalue weighted by Gasteiger charge is -2.20. The number of imidazole rings is 1. The van der Waals surface area contributed by atoms with Gasteiger partial charge in [0.05, 0.1) is 7.11 Å². The molecule has 3 rings (SSSR count). The van der Waals surface area contributed by atoms with Crippen LogP contribution in [0.25, 0.3) is 6.08 Å².